The van der Waals surface area contributed by atoms with Gasteiger partial charge in [-0.3, -0.25) is 0 Å². The van der Waals surface area contributed by atoms with Crippen LogP contribution in [0.2, 0.25) is 0 Å². The van der Waals surface area contributed by atoms with Gasteiger partial charge in [-0.1, -0.05) is 13.8 Å². The molecule has 0 aromatic heterocycles. The molecular weight excluding hydrogens is 230 g/mol. The Morgan fingerprint density at radius 1 is 1.28 bits per heavy atom. The molecule has 2 rings (SSSR count). The Balaban J connectivity index is 1.89. The minimum Gasteiger partial charge on any atom is -0.395 e. The topological polar surface area (TPSA) is 50.7 Å². The second-order valence-corrected chi connectivity index (χ2v) is 6.03. The van der Waals surface area contributed by atoms with E-state index < -0.39 is 0 Å². The number of hydrogen-bond donors (Lipinski definition) is 2. The van der Waals surface area contributed by atoms with Gasteiger partial charge < -0.3 is 19.9 Å². The Morgan fingerprint density at radius 3 is 2.61 bits per heavy atom. The van der Waals surface area contributed by atoms with E-state index in [1.54, 1.807) is 0 Å². The molecule has 18 heavy (non-hydrogen) atoms. The van der Waals surface area contributed by atoms with Crippen LogP contribution in [0.25, 0.3) is 0 Å². The molecule has 0 amide bonds. The van der Waals surface area contributed by atoms with E-state index in [-0.39, 0.29) is 18.2 Å². The van der Waals surface area contributed by atoms with E-state index in [9.17, 15) is 5.11 Å². The van der Waals surface area contributed by atoms with Crippen molar-refractivity contribution < 1.29 is 14.6 Å². The van der Waals surface area contributed by atoms with E-state index in [1.807, 2.05) is 0 Å². The summed E-state index contributed by atoms with van der Waals surface area (Å²) in [4.78, 5) is 0. The summed E-state index contributed by atoms with van der Waals surface area (Å²) in [6, 6.07) is 0.668. The third-order valence-corrected chi connectivity index (χ3v) is 4.35. The second kappa shape index (κ2) is 6.33. The van der Waals surface area contributed by atoms with Crippen molar-refractivity contribution in [2.45, 2.75) is 57.2 Å². The minimum atomic E-state index is 0.0329. The number of aliphatic hydroxyl groups excluding tert-OH is 1. The highest BCUT2D eigenvalue weighted by molar-refractivity contribution is 4.92. The minimum absolute atomic E-state index is 0.0329. The van der Waals surface area contributed by atoms with Crippen LogP contribution in [0.4, 0.5) is 0 Å². The smallest absolute Gasteiger partial charge is 0.0741 e. The summed E-state index contributed by atoms with van der Waals surface area (Å²) in [5, 5.41) is 13.0. The predicted octanol–water partition coefficient (Wildman–Crippen LogP) is 1.32. The molecule has 2 heterocycles. The molecule has 0 radical (unpaired) electrons. The first kappa shape index (κ1) is 14.3. The third-order valence-electron chi connectivity index (χ3n) is 4.35. The SMILES string of the molecule is CC(C)C(CO)NC1CCOC2(CCOCC2)C1. The van der Waals surface area contributed by atoms with Crippen LogP contribution in [0.15, 0.2) is 0 Å². The number of aliphatic hydroxyl groups is 1. The fourth-order valence-electron chi connectivity index (χ4n) is 3.02. The lowest BCUT2D eigenvalue weighted by Crippen LogP contribution is -2.53. The van der Waals surface area contributed by atoms with E-state index in [2.05, 4.69) is 19.2 Å². The molecule has 0 aromatic rings. The van der Waals surface area contributed by atoms with E-state index >= 15 is 0 Å². The number of nitrogens with one attached hydrogen (secondary N) is 1. The van der Waals surface area contributed by atoms with Crippen LogP contribution >= 0.6 is 0 Å². The van der Waals surface area contributed by atoms with Crippen LogP contribution < -0.4 is 5.32 Å². The molecule has 0 bridgehead atoms. The summed E-state index contributed by atoms with van der Waals surface area (Å²) >= 11 is 0. The van der Waals surface area contributed by atoms with Crippen molar-refractivity contribution in [2.75, 3.05) is 26.4 Å². The highest BCUT2D eigenvalue weighted by Gasteiger charge is 2.39. The van der Waals surface area contributed by atoms with Crippen molar-refractivity contribution in [3.8, 4) is 0 Å². The van der Waals surface area contributed by atoms with Crippen molar-refractivity contribution in [3.05, 3.63) is 0 Å². The quantitative estimate of drug-likeness (QED) is 0.797. The van der Waals surface area contributed by atoms with Crippen LogP contribution in [0.5, 0.6) is 0 Å². The zero-order valence-corrected chi connectivity index (χ0v) is 11.7. The summed E-state index contributed by atoms with van der Waals surface area (Å²) in [6.07, 6.45) is 4.12. The van der Waals surface area contributed by atoms with Crippen molar-refractivity contribution >= 4 is 0 Å². The number of ether oxygens (including phenoxy) is 2. The molecule has 0 aromatic carbocycles. The van der Waals surface area contributed by atoms with E-state index in [4.69, 9.17) is 9.47 Å². The van der Waals surface area contributed by atoms with Gasteiger partial charge in [0.2, 0.25) is 0 Å². The molecule has 2 N–H and O–H groups in total. The summed E-state index contributed by atoms with van der Waals surface area (Å²) in [5.74, 6) is 0.462. The largest absolute Gasteiger partial charge is 0.395 e. The zero-order valence-electron chi connectivity index (χ0n) is 11.7. The van der Waals surface area contributed by atoms with Gasteiger partial charge in [-0.05, 0) is 31.6 Å². The maximum absolute atomic E-state index is 9.42. The van der Waals surface area contributed by atoms with Crippen molar-refractivity contribution in [1.29, 1.82) is 0 Å². The summed E-state index contributed by atoms with van der Waals surface area (Å²) in [7, 11) is 0. The lowest BCUT2D eigenvalue weighted by atomic mass is 9.83. The second-order valence-electron chi connectivity index (χ2n) is 6.03. The number of hydrogen-bond acceptors (Lipinski definition) is 4. The summed E-state index contributed by atoms with van der Waals surface area (Å²) < 4.78 is 11.5. The van der Waals surface area contributed by atoms with Crippen LogP contribution in [0.1, 0.15) is 39.5 Å². The fourth-order valence-corrected chi connectivity index (χ4v) is 3.02. The first-order valence-electron chi connectivity index (χ1n) is 7.24. The lowest BCUT2D eigenvalue weighted by Gasteiger charge is -2.44. The highest BCUT2D eigenvalue weighted by Crippen LogP contribution is 2.34. The van der Waals surface area contributed by atoms with Gasteiger partial charge in [0.1, 0.15) is 0 Å². The molecule has 1 spiro atoms. The standard InChI is InChI=1S/C14H27NO3/c1-11(2)13(10-16)15-12-3-6-18-14(9-12)4-7-17-8-5-14/h11-13,15-16H,3-10H2,1-2H3. The Bertz CT molecular complexity index is 246. The average Bonchev–Trinajstić information content (AvgIpc) is 2.36. The van der Waals surface area contributed by atoms with Gasteiger partial charge in [-0.25, -0.2) is 0 Å². The molecule has 2 unspecified atom stereocenters. The molecule has 106 valence electrons. The first-order chi connectivity index (χ1) is 8.65. The first-order valence-corrected chi connectivity index (χ1v) is 7.24. The van der Waals surface area contributed by atoms with Crippen LogP contribution in [-0.4, -0.2) is 49.2 Å². The molecule has 0 aliphatic carbocycles. The zero-order chi connectivity index (χ0) is 13.0. The Morgan fingerprint density at radius 2 is 2.00 bits per heavy atom. The normalized spacial score (nSPS) is 29.7. The van der Waals surface area contributed by atoms with Gasteiger partial charge in [-0.2, -0.15) is 0 Å². The molecular formula is C14H27NO3. The Hall–Kier alpha value is -0.160. The van der Waals surface area contributed by atoms with Gasteiger partial charge >= 0.3 is 0 Å². The monoisotopic (exact) mass is 257 g/mol. The molecule has 4 nitrogen and oxygen atoms in total. The predicted molar refractivity (Wildman–Crippen MR) is 70.6 cm³/mol. The highest BCUT2D eigenvalue weighted by atomic mass is 16.5. The van der Waals surface area contributed by atoms with Crippen molar-refractivity contribution in [2.24, 2.45) is 5.92 Å². The van der Waals surface area contributed by atoms with Gasteiger partial charge in [0.05, 0.1) is 12.2 Å². The van der Waals surface area contributed by atoms with Crippen LogP contribution in [-0.2, 0) is 9.47 Å². The van der Waals surface area contributed by atoms with Gasteiger partial charge in [0, 0.05) is 31.9 Å². The van der Waals surface area contributed by atoms with E-state index in [1.165, 1.54) is 0 Å². The van der Waals surface area contributed by atoms with Gasteiger partial charge in [0.25, 0.3) is 0 Å². The van der Waals surface area contributed by atoms with Crippen LogP contribution in [0, 0.1) is 5.92 Å². The molecule has 2 atom stereocenters. The fraction of sp³-hybridized carbons (Fsp3) is 1.00. The van der Waals surface area contributed by atoms with Crippen LogP contribution in [0.3, 0.4) is 0 Å². The Kier molecular flexibility index (Phi) is 5.01. The third kappa shape index (κ3) is 3.44. The molecule has 2 fully saturated rings. The van der Waals surface area contributed by atoms with Gasteiger partial charge in [-0.15, -0.1) is 0 Å². The molecule has 4 heteroatoms. The molecule has 2 saturated heterocycles. The maximum atomic E-state index is 9.42. The summed E-state index contributed by atoms with van der Waals surface area (Å²) in [5.41, 5.74) is 0.0329. The molecule has 2 aliphatic rings. The van der Waals surface area contributed by atoms with Crippen molar-refractivity contribution in [1.82, 2.24) is 5.32 Å². The maximum Gasteiger partial charge on any atom is 0.0741 e. The lowest BCUT2D eigenvalue weighted by molar-refractivity contribution is -0.141. The van der Waals surface area contributed by atoms with E-state index in [0.29, 0.717) is 12.0 Å². The van der Waals surface area contributed by atoms with Crippen molar-refractivity contribution in [3.63, 3.8) is 0 Å². The Labute approximate surface area is 110 Å². The average molecular weight is 257 g/mol. The number of rotatable bonds is 4. The van der Waals surface area contributed by atoms with Gasteiger partial charge in [0.15, 0.2) is 0 Å². The molecule has 2 aliphatic heterocycles. The van der Waals surface area contributed by atoms with E-state index in [0.717, 1.165) is 45.5 Å². The molecule has 0 saturated carbocycles. The summed E-state index contributed by atoms with van der Waals surface area (Å²) in [6.45, 7) is 6.98.